The van der Waals surface area contributed by atoms with Crippen molar-refractivity contribution in [3.63, 3.8) is 0 Å². The summed E-state index contributed by atoms with van der Waals surface area (Å²) < 4.78 is 13.8. The summed E-state index contributed by atoms with van der Waals surface area (Å²) in [7, 11) is 1.56. The van der Waals surface area contributed by atoms with Gasteiger partial charge in [0.05, 0.1) is 47.4 Å². The van der Waals surface area contributed by atoms with Crippen molar-refractivity contribution in [3.05, 3.63) is 99.7 Å². The summed E-state index contributed by atoms with van der Waals surface area (Å²) in [5.74, 6) is 1.25. The highest BCUT2D eigenvalue weighted by Crippen LogP contribution is 2.22. The molecule has 0 saturated heterocycles. The van der Waals surface area contributed by atoms with E-state index < -0.39 is 0 Å². The van der Waals surface area contributed by atoms with Crippen molar-refractivity contribution in [1.82, 2.24) is 14.1 Å². The normalized spacial score (nSPS) is 11.2. The van der Waals surface area contributed by atoms with Crippen molar-refractivity contribution >= 4 is 21.8 Å². The van der Waals surface area contributed by atoms with Crippen molar-refractivity contribution < 1.29 is 9.15 Å². The van der Waals surface area contributed by atoms with Crippen LogP contribution in [0.4, 0.5) is 0 Å². The van der Waals surface area contributed by atoms with Gasteiger partial charge >= 0.3 is 0 Å². The third-order valence-electron chi connectivity index (χ3n) is 5.07. The lowest BCUT2D eigenvalue weighted by molar-refractivity contribution is 0.412. The van der Waals surface area contributed by atoms with Gasteiger partial charge in [-0.3, -0.25) is 14.2 Å². The van der Waals surface area contributed by atoms with Crippen LogP contribution in [0.15, 0.2) is 87.3 Å². The highest BCUT2D eigenvalue weighted by Gasteiger charge is 2.13. The van der Waals surface area contributed by atoms with Crippen LogP contribution in [0.3, 0.4) is 0 Å². The first-order valence-electron chi connectivity index (χ1n) is 9.37. The zero-order valence-electron chi connectivity index (χ0n) is 16.1. The number of fused-ring (bicyclic) bond motifs is 2. The number of ether oxygens (including phenoxy) is 1. The molecule has 7 heteroatoms. The van der Waals surface area contributed by atoms with E-state index in [0.29, 0.717) is 45.5 Å². The SMILES string of the molecule is COc1ccccc1-n1ccc2nc3ccn(Cc4ccco4)c(=O)c3cc2c1=O. The average Bonchev–Trinajstić information content (AvgIpc) is 3.28. The average molecular weight is 399 g/mol. The Bertz CT molecular complexity index is 1500. The van der Waals surface area contributed by atoms with Gasteiger partial charge in [-0.05, 0) is 42.5 Å². The maximum absolute atomic E-state index is 13.2. The molecule has 1 aromatic carbocycles. The van der Waals surface area contributed by atoms with Crippen LogP contribution in [0.25, 0.3) is 27.5 Å². The van der Waals surface area contributed by atoms with E-state index in [-0.39, 0.29) is 11.1 Å². The fourth-order valence-corrected chi connectivity index (χ4v) is 3.58. The van der Waals surface area contributed by atoms with E-state index in [2.05, 4.69) is 4.98 Å². The maximum Gasteiger partial charge on any atom is 0.264 e. The molecule has 0 spiro atoms. The summed E-state index contributed by atoms with van der Waals surface area (Å²) in [5.41, 5.74) is 1.19. The number of nitrogens with zero attached hydrogens (tertiary/aromatic N) is 3. The molecule has 5 aromatic rings. The molecule has 0 aliphatic carbocycles. The molecule has 0 N–H and O–H groups in total. The zero-order chi connectivity index (χ0) is 20.7. The van der Waals surface area contributed by atoms with Crippen molar-refractivity contribution in [2.45, 2.75) is 6.54 Å². The Morgan fingerprint density at radius 3 is 2.47 bits per heavy atom. The van der Waals surface area contributed by atoms with E-state index in [9.17, 15) is 9.59 Å². The van der Waals surface area contributed by atoms with Gasteiger partial charge in [0.25, 0.3) is 11.1 Å². The summed E-state index contributed by atoms with van der Waals surface area (Å²) in [6, 6.07) is 16.0. The monoisotopic (exact) mass is 399 g/mol. The molecular formula is C23H17N3O4. The Kier molecular flexibility index (Phi) is 4.21. The van der Waals surface area contributed by atoms with Crippen LogP contribution in [0, 0.1) is 0 Å². The fraction of sp³-hybridized carbons (Fsp3) is 0.0870. The Hall–Kier alpha value is -4.13. The van der Waals surface area contributed by atoms with E-state index in [1.54, 1.807) is 68.2 Å². The van der Waals surface area contributed by atoms with Crippen molar-refractivity contribution in [3.8, 4) is 11.4 Å². The number of para-hydroxylation sites is 2. The number of methoxy groups -OCH3 is 1. The first kappa shape index (κ1) is 17.9. The minimum atomic E-state index is -0.271. The van der Waals surface area contributed by atoms with Gasteiger partial charge in [0.2, 0.25) is 0 Å². The molecule has 0 bridgehead atoms. The molecule has 4 aromatic heterocycles. The molecule has 7 nitrogen and oxygen atoms in total. The van der Waals surface area contributed by atoms with Gasteiger partial charge in [-0.1, -0.05) is 12.1 Å². The number of aromatic nitrogens is 3. The molecule has 4 heterocycles. The smallest absolute Gasteiger partial charge is 0.264 e. The second kappa shape index (κ2) is 7.04. The molecule has 0 atom stereocenters. The standard InChI is InChI=1S/C23H17N3O4/c1-29-21-7-3-2-6-20(21)26-11-9-19-17(23(26)28)13-16-18(24-19)8-10-25(22(16)27)14-15-5-4-12-30-15/h2-13H,14H2,1H3. The van der Waals surface area contributed by atoms with Gasteiger partial charge in [0.15, 0.2) is 0 Å². The largest absolute Gasteiger partial charge is 0.495 e. The molecule has 0 unspecified atom stereocenters. The predicted molar refractivity (Wildman–Crippen MR) is 113 cm³/mol. The molecule has 0 aliphatic heterocycles. The second-order valence-electron chi connectivity index (χ2n) is 6.84. The summed E-state index contributed by atoms with van der Waals surface area (Å²) in [6.45, 7) is 0.306. The third kappa shape index (κ3) is 2.88. The number of hydrogen-bond donors (Lipinski definition) is 0. The van der Waals surface area contributed by atoms with Crippen molar-refractivity contribution in [2.75, 3.05) is 7.11 Å². The fourth-order valence-electron chi connectivity index (χ4n) is 3.58. The Morgan fingerprint density at radius 1 is 0.933 bits per heavy atom. The summed E-state index contributed by atoms with van der Waals surface area (Å²) in [4.78, 5) is 30.8. The third-order valence-corrected chi connectivity index (χ3v) is 5.07. The topological polar surface area (TPSA) is 79.3 Å². The van der Waals surface area contributed by atoms with Crippen molar-refractivity contribution in [1.29, 1.82) is 0 Å². The zero-order valence-corrected chi connectivity index (χ0v) is 16.1. The number of rotatable bonds is 4. The van der Waals surface area contributed by atoms with E-state index in [0.717, 1.165) is 0 Å². The minimum absolute atomic E-state index is 0.231. The van der Waals surface area contributed by atoms with Gasteiger partial charge in [-0.25, -0.2) is 4.98 Å². The van der Waals surface area contributed by atoms with E-state index in [4.69, 9.17) is 9.15 Å². The van der Waals surface area contributed by atoms with Crippen LogP contribution in [0.5, 0.6) is 5.75 Å². The summed E-state index contributed by atoms with van der Waals surface area (Å²) in [5, 5.41) is 0.746. The Labute approximate surface area is 170 Å². The summed E-state index contributed by atoms with van der Waals surface area (Å²) in [6.07, 6.45) is 4.92. The van der Waals surface area contributed by atoms with Gasteiger partial charge in [-0.2, -0.15) is 0 Å². The first-order valence-corrected chi connectivity index (χ1v) is 9.37. The molecule has 5 rings (SSSR count). The highest BCUT2D eigenvalue weighted by molar-refractivity contribution is 5.91. The predicted octanol–water partition coefficient (Wildman–Crippen LogP) is 3.35. The lowest BCUT2D eigenvalue weighted by atomic mass is 10.2. The quantitative estimate of drug-likeness (QED) is 0.433. The second-order valence-corrected chi connectivity index (χ2v) is 6.84. The molecule has 148 valence electrons. The maximum atomic E-state index is 13.2. The minimum Gasteiger partial charge on any atom is -0.495 e. The Balaban J connectivity index is 1.72. The van der Waals surface area contributed by atoms with Crippen molar-refractivity contribution in [2.24, 2.45) is 0 Å². The van der Waals surface area contributed by atoms with Gasteiger partial charge < -0.3 is 13.7 Å². The molecule has 0 fully saturated rings. The van der Waals surface area contributed by atoms with Crippen LogP contribution >= 0.6 is 0 Å². The highest BCUT2D eigenvalue weighted by atomic mass is 16.5. The van der Waals surface area contributed by atoms with Crippen LogP contribution in [0.2, 0.25) is 0 Å². The van der Waals surface area contributed by atoms with Gasteiger partial charge in [-0.15, -0.1) is 0 Å². The van der Waals surface area contributed by atoms with Crippen LogP contribution in [-0.2, 0) is 6.54 Å². The van der Waals surface area contributed by atoms with Gasteiger partial charge in [0, 0.05) is 12.4 Å². The van der Waals surface area contributed by atoms with Gasteiger partial charge in [0.1, 0.15) is 11.5 Å². The Morgan fingerprint density at radius 2 is 1.70 bits per heavy atom. The molecular weight excluding hydrogens is 382 g/mol. The molecule has 0 saturated carbocycles. The number of furan rings is 1. The molecule has 0 amide bonds. The number of hydrogen-bond acceptors (Lipinski definition) is 5. The number of benzene rings is 1. The van der Waals surface area contributed by atoms with Crippen LogP contribution in [0.1, 0.15) is 5.76 Å². The van der Waals surface area contributed by atoms with E-state index in [1.165, 1.54) is 9.13 Å². The molecule has 0 radical (unpaired) electrons. The lowest BCUT2D eigenvalue weighted by Gasteiger charge is -2.12. The molecule has 30 heavy (non-hydrogen) atoms. The summed E-state index contributed by atoms with van der Waals surface area (Å²) >= 11 is 0. The first-order chi connectivity index (χ1) is 14.7. The molecule has 0 aliphatic rings. The van der Waals surface area contributed by atoms with E-state index >= 15 is 0 Å². The number of pyridine rings is 3. The lowest BCUT2D eigenvalue weighted by Crippen LogP contribution is -2.22. The van der Waals surface area contributed by atoms with E-state index in [1.807, 2.05) is 12.1 Å². The van der Waals surface area contributed by atoms with Crippen LogP contribution in [-0.4, -0.2) is 21.2 Å². The van der Waals surface area contributed by atoms with Crippen LogP contribution < -0.4 is 15.9 Å².